The molecule has 1 heterocycles. The van der Waals surface area contributed by atoms with E-state index in [1.807, 2.05) is 0 Å². The Balaban J connectivity index is 2.32. The monoisotopic (exact) mass is 354 g/mol. The Morgan fingerprint density at radius 3 is 2.74 bits per heavy atom. The van der Waals surface area contributed by atoms with E-state index in [4.69, 9.17) is 5.11 Å². The first-order valence-corrected chi connectivity index (χ1v) is 8.55. The maximum absolute atomic E-state index is 12.0. The lowest BCUT2D eigenvalue weighted by Gasteiger charge is -2.07. The fraction of sp³-hybridized carbons (Fsp3) is 0.286. The zero-order chi connectivity index (χ0) is 17.0. The SMILES string of the molecule is CCN1C(=O)S/C(=C\c2ccc(SCCO)c([N+](=O)[O-])c2)C1=O. The second kappa shape index (κ2) is 7.62. The highest BCUT2D eigenvalue weighted by Gasteiger charge is 2.33. The summed E-state index contributed by atoms with van der Waals surface area (Å²) in [6.45, 7) is 1.92. The minimum atomic E-state index is -0.505. The fourth-order valence-corrected chi connectivity index (χ4v) is 3.63. The van der Waals surface area contributed by atoms with Crippen molar-refractivity contribution in [2.24, 2.45) is 0 Å². The molecular formula is C14H14N2O5S2. The van der Waals surface area contributed by atoms with Gasteiger partial charge in [-0.05, 0) is 36.4 Å². The fourth-order valence-electron chi connectivity index (χ4n) is 1.97. The van der Waals surface area contributed by atoms with Gasteiger partial charge in [0.2, 0.25) is 0 Å². The quantitative estimate of drug-likeness (QED) is 0.363. The summed E-state index contributed by atoms with van der Waals surface area (Å²) in [5.41, 5.74) is 0.388. The number of thioether (sulfide) groups is 2. The van der Waals surface area contributed by atoms with Gasteiger partial charge in [-0.25, -0.2) is 0 Å². The van der Waals surface area contributed by atoms with Crippen LogP contribution in [-0.4, -0.2) is 45.0 Å². The molecule has 0 bridgehead atoms. The van der Waals surface area contributed by atoms with Crippen LogP contribution in [0.1, 0.15) is 12.5 Å². The first-order valence-electron chi connectivity index (χ1n) is 6.75. The van der Waals surface area contributed by atoms with Crippen molar-refractivity contribution in [2.75, 3.05) is 18.9 Å². The summed E-state index contributed by atoms with van der Waals surface area (Å²) in [5, 5.41) is 19.7. The third-order valence-corrected chi connectivity index (χ3v) is 4.97. The molecule has 2 rings (SSSR count). The van der Waals surface area contributed by atoms with Gasteiger partial charge < -0.3 is 5.11 Å². The van der Waals surface area contributed by atoms with Crippen LogP contribution in [0.3, 0.4) is 0 Å². The number of aliphatic hydroxyl groups is 1. The molecule has 1 fully saturated rings. The molecule has 23 heavy (non-hydrogen) atoms. The predicted octanol–water partition coefficient (Wildman–Crippen LogP) is 2.74. The van der Waals surface area contributed by atoms with E-state index in [9.17, 15) is 19.7 Å². The number of nitrogens with zero attached hydrogens (tertiary/aromatic N) is 2. The lowest BCUT2D eigenvalue weighted by atomic mass is 10.2. The van der Waals surface area contributed by atoms with Gasteiger partial charge in [0.05, 0.1) is 21.3 Å². The van der Waals surface area contributed by atoms with Crippen LogP contribution < -0.4 is 0 Å². The maximum atomic E-state index is 12.0. The van der Waals surface area contributed by atoms with Gasteiger partial charge in [-0.3, -0.25) is 24.6 Å². The minimum absolute atomic E-state index is 0.0757. The van der Waals surface area contributed by atoms with E-state index >= 15 is 0 Å². The molecule has 7 nitrogen and oxygen atoms in total. The van der Waals surface area contributed by atoms with E-state index in [0.29, 0.717) is 22.8 Å². The largest absolute Gasteiger partial charge is 0.396 e. The summed E-state index contributed by atoms with van der Waals surface area (Å²) < 4.78 is 0. The average Bonchev–Trinajstić information content (AvgIpc) is 2.79. The van der Waals surface area contributed by atoms with Crippen LogP contribution in [0, 0.1) is 10.1 Å². The topological polar surface area (TPSA) is 101 Å². The Morgan fingerprint density at radius 1 is 1.43 bits per heavy atom. The van der Waals surface area contributed by atoms with Crippen molar-refractivity contribution in [3.63, 3.8) is 0 Å². The summed E-state index contributed by atoms with van der Waals surface area (Å²) in [7, 11) is 0. The second-order valence-electron chi connectivity index (χ2n) is 4.48. The van der Waals surface area contributed by atoms with Crippen LogP contribution in [0.5, 0.6) is 0 Å². The Morgan fingerprint density at radius 2 is 2.17 bits per heavy atom. The zero-order valence-electron chi connectivity index (χ0n) is 12.2. The summed E-state index contributed by atoms with van der Waals surface area (Å²) >= 11 is 2.01. The molecule has 1 N–H and O–H groups in total. The normalized spacial score (nSPS) is 16.4. The van der Waals surface area contributed by atoms with Gasteiger partial charge in [0.25, 0.3) is 16.8 Å². The lowest BCUT2D eigenvalue weighted by Crippen LogP contribution is -2.27. The summed E-state index contributed by atoms with van der Waals surface area (Å²) in [6.07, 6.45) is 1.48. The van der Waals surface area contributed by atoms with Crippen LogP contribution in [0.4, 0.5) is 10.5 Å². The van der Waals surface area contributed by atoms with E-state index in [0.717, 1.165) is 16.7 Å². The number of nitro groups is 1. The molecule has 1 aromatic rings. The number of hydrogen-bond acceptors (Lipinski definition) is 7. The van der Waals surface area contributed by atoms with Crippen molar-refractivity contribution in [1.82, 2.24) is 4.90 Å². The molecule has 0 radical (unpaired) electrons. The number of benzene rings is 1. The van der Waals surface area contributed by atoms with Crippen LogP contribution in [0.2, 0.25) is 0 Å². The highest BCUT2D eigenvalue weighted by atomic mass is 32.2. The van der Waals surface area contributed by atoms with E-state index in [1.54, 1.807) is 19.1 Å². The van der Waals surface area contributed by atoms with Crippen LogP contribution in [0.25, 0.3) is 6.08 Å². The van der Waals surface area contributed by atoms with Crippen molar-refractivity contribution in [2.45, 2.75) is 11.8 Å². The standard InChI is InChI=1S/C14H14N2O5S2/c1-2-15-13(18)12(23-14(15)19)8-9-3-4-11(22-6-5-17)10(7-9)16(20)21/h3-4,7-8,17H,2,5-6H2,1H3/b12-8-. The highest BCUT2D eigenvalue weighted by Crippen LogP contribution is 2.34. The molecule has 1 aliphatic rings. The number of hydrogen-bond donors (Lipinski definition) is 1. The molecule has 0 saturated carbocycles. The van der Waals surface area contributed by atoms with Crippen LogP contribution in [-0.2, 0) is 4.79 Å². The summed E-state index contributed by atoms with van der Waals surface area (Å²) in [5.74, 6) is -0.0286. The number of carbonyl (C=O) groups is 2. The number of carbonyl (C=O) groups excluding carboxylic acids is 2. The van der Waals surface area contributed by atoms with Gasteiger partial charge >= 0.3 is 0 Å². The second-order valence-corrected chi connectivity index (χ2v) is 6.61. The van der Waals surface area contributed by atoms with Crippen molar-refractivity contribution in [3.05, 3.63) is 38.8 Å². The van der Waals surface area contributed by atoms with Gasteiger partial charge in [0, 0.05) is 18.4 Å². The molecule has 9 heteroatoms. The maximum Gasteiger partial charge on any atom is 0.293 e. The molecule has 0 aromatic heterocycles. The van der Waals surface area contributed by atoms with Gasteiger partial charge in [-0.2, -0.15) is 0 Å². The Labute approximate surface area is 140 Å². The molecule has 0 atom stereocenters. The number of nitro benzene ring substituents is 1. The summed E-state index contributed by atoms with van der Waals surface area (Å²) in [4.78, 5) is 36.2. The first kappa shape index (κ1) is 17.5. The number of aliphatic hydroxyl groups excluding tert-OH is 1. The molecular weight excluding hydrogens is 340 g/mol. The molecule has 0 aliphatic carbocycles. The molecule has 1 aromatic carbocycles. The Bertz CT molecular complexity index is 690. The number of imide groups is 1. The van der Waals surface area contributed by atoms with E-state index in [1.165, 1.54) is 23.9 Å². The van der Waals surface area contributed by atoms with Crippen molar-refractivity contribution < 1.29 is 19.6 Å². The highest BCUT2D eigenvalue weighted by molar-refractivity contribution is 8.18. The minimum Gasteiger partial charge on any atom is -0.396 e. The smallest absolute Gasteiger partial charge is 0.293 e. The molecule has 0 spiro atoms. The molecule has 122 valence electrons. The Kier molecular flexibility index (Phi) is 5.80. The predicted molar refractivity (Wildman–Crippen MR) is 89.3 cm³/mol. The van der Waals surface area contributed by atoms with Crippen molar-refractivity contribution in [1.29, 1.82) is 0 Å². The average molecular weight is 354 g/mol. The molecule has 1 saturated heterocycles. The van der Waals surface area contributed by atoms with E-state index in [2.05, 4.69) is 0 Å². The van der Waals surface area contributed by atoms with E-state index in [-0.39, 0.29) is 28.3 Å². The molecule has 2 amide bonds. The molecule has 1 aliphatic heterocycles. The van der Waals surface area contributed by atoms with Crippen LogP contribution >= 0.6 is 23.5 Å². The zero-order valence-corrected chi connectivity index (χ0v) is 13.9. The summed E-state index contributed by atoms with van der Waals surface area (Å²) in [6, 6.07) is 4.58. The first-order chi connectivity index (χ1) is 11.0. The van der Waals surface area contributed by atoms with E-state index < -0.39 is 4.92 Å². The molecule has 0 unspecified atom stereocenters. The third-order valence-electron chi connectivity index (χ3n) is 3.02. The number of likely N-dealkylation sites (N-methyl/N-ethyl adjacent to an activating group) is 1. The number of rotatable bonds is 6. The number of amides is 2. The van der Waals surface area contributed by atoms with Crippen LogP contribution in [0.15, 0.2) is 28.0 Å². The Hall–Kier alpha value is -1.84. The van der Waals surface area contributed by atoms with Gasteiger partial charge in [-0.1, -0.05) is 6.07 Å². The van der Waals surface area contributed by atoms with Crippen molar-refractivity contribution in [3.8, 4) is 0 Å². The lowest BCUT2D eigenvalue weighted by molar-refractivity contribution is -0.387. The van der Waals surface area contributed by atoms with Crippen molar-refractivity contribution >= 4 is 46.4 Å². The third kappa shape index (κ3) is 3.92. The van der Waals surface area contributed by atoms with Gasteiger partial charge in [0.15, 0.2) is 0 Å². The van der Waals surface area contributed by atoms with Gasteiger partial charge in [-0.15, -0.1) is 11.8 Å². The van der Waals surface area contributed by atoms with Gasteiger partial charge in [0.1, 0.15) is 0 Å².